The summed E-state index contributed by atoms with van der Waals surface area (Å²) in [5.41, 5.74) is 2.53. The van der Waals surface area contributed by atoms with Crippen molar-refractivity contribution in [3.8, 4) is 0 Å². The molecule has 2 aliphatic rings. The third kappa shape index (κ3) is 3.12. The second-order valence-corrected chi connectivity index (χ2v) is 6.46. The lowest BCUT2D eigenvalue weighted by Gasteiger charge is -2.33. The van der Waals surface area contributed by atoms with Gasteiger partial charge in [-0.2, -0.15) is 0 Å². The van der Waals surface area contributed by atoms with E-state index in [4.69, 9.17) is 16.3 Å². The first-order valence-electron chi connectivity index (χ1n) is 7.87. The van der Waals surface area contributed by atoms with E-state index in [9.17, 15) is 0 Å². The molecular formula is C17H24ClNO. The Morgan fingerprint density at radius 1 is 1.15 bits per heavy atom. The van der Waals surface area contributed by atoms with Gasteiger partial charge in [0.05, 0.1) is 11.7 Å². The van der Waals surface area contributed by atoms with E-state index in [1.54, 1.807) is 0 Å². The Morgan fingerprint density at radius 3 is 2.75 bits per heavy atom. The summed E-state index contributed by atoms with van der Waals surface area (Å²) in [6.45, 7) is 0.898. The van der Waals surface area contributed by atoms with Crippen molar-refractivity contribution in [1.29, 1.82) is 0 Å². The monoisotopic (exact) mass is 293 g/mol. The summed E-state index contributed by atoms with van der Waals surface area (Å²) in [7, 11) is 0. The average Bonchev–Trinajstić information content (AvgIpc) is 2.89. The molecule has 1 aromatic carbocycles. The number of para-hydroxylation sites is 1. The van der Waals surface area contributed by atoms with Gasteiger partial charge < -0.3 is 10.1 Å². The summed E-state index contributed by atoms with van der Waals surface area (Å²) in [5, 5.41) is 3.52. The summed E-state index contributed by atoms with van der Waals surface area (Å²) in [6, 6.07) is 8.26. The molecule has 3 heteroatoms. The van der Waals surface area contributed by atoms with Gasteiger partial charge in [0.15, 0.2) is 0 Å². The highest BCUT2D eigenvalue weighted by Gasteiger charge is 2.40. The molecule has 1 atom stereocenters. The molecule has 0 radical (unpaired) electrons. The predicted molar refractivity (Wildman–Crippen MR) is 84.4 cm³/mol. The maximum atomic E-state index is 6.39. The van der Waals surface area contributed by atoms with Gasteiger partial charge in [-0.05, 0) is 37.3 Å². The van der Waals surface area contributed by atoms with Crippen LogP contribution in [0.1, 0.15) is 50.5 Å². The SMILES string of the molecule is ClCc1ccccc1NCC1CCC2(CCCCC2)O1. The average molecular weight is 294 g/mol. The van der Waals surface area contributed by atoms with Crippen LogP contribution in [-0.2, 0) is 10.6 Å². The van der Waals surface area contributed by atoms with Crippen molar-refractivity contribution in [1.82, 2.24) is 0 Å². The molecule has 1 aliphatic carbocycles. The maximum Gasteiger partial charge on any atom is 0.0756 e. The second-order valence-electron chi connectivity index (χ2n) is 6.19. The van der Waals surface area contributed by atoms with E-state index < -0.39 is 0 Å². The van der Waals surface area contributed by atoms with E-state index in [0.29, 0.717) is 12.0 Å². The number of rotatable bonds is 4. The first-order valence-corrected chi connectivity index (χ1v) is 8.40. The quantitative estimate of drug-likeness (QED) is 0.811. The second kappa shape index (κ2) is 6.36. The van der Waals surface area contributed by atoms with Crippen LogP contribution >= 0.6 is 11.6 Å². The fourth-order valence-electron chi connectivity index (χ4n) is 3.64. The van der Waals surface area contributed by atoms with Crippen LogP contribution in [0.3, 0.4) is 0 Å². The van der Waals surface area contributed by atoms with Crippen LogP contribution in [0, 0.1) is 0 Å². The number of hydrogen-bond donors (Lipinski definition) is 1. The lowest BCUT2D eigenvalue weighted by atomic mass is 9.83. The van der Waals surface area contributed by atoms with E-state index in [2.05, 4.69) is 23.5 Å². The van der Waals surface area contributed by atoms with Crippen molar-refractivity contribution in [2.24, 2.45) is 0 Å². The van der Waals surface area contributed by atoms with Gasteiger partial charge in [-0.25, -0.2) is 0 Å². The number of hydrogen-bond acceptors (Lipinski definition) is 2. The van der Waals surface area contributed by atoms with E-state index >= 15 is 0 Å². The first kappa shape index (κ1) is 14.2. The van der Waals surface area contributed by atoms with Crippen LogP contribution in [0.2, 0.25) is 0 Å². The minimum atomic E-state index is 0.219. The van der Waals surface area contributed by atoms with Gasteiger partial charge in [0.25, 0.3) is 0 Å². The van der Waals surface area contributed by atoms with Crippen molar-refractivity contribution >= 4 is 17.3 Å². The molecule has 1 heterocycles. The fourth-order valence-corrected chi connectivity index (χ4v) is 3.87. The van der Waals surface area contributed by atoms with E-state index in [0.717, 1.165) is 12.2 Å². The molecule has 1 spiro atoms. The van der Waals surface area contributed by atoms with Crippen molar-refractivity contribution in [2.75, 3.05) is 11.9 Å². The standard InChI is InChI=1S/C17H24ClNO/c18-12-14-6-2-3-7-16(14)19-13-15-8-11-17(20-15)9-4-1-5-10-17/h2-3,6-7,15,19H,1,4-5,8-13H2. The number of ether oxygens (including phenoxy) is 1. The highest BCUT2D eigenvalue weighted by Crippen LogP contribution is 2.41. The summed E-state index contributed by atoms with van der Waals surface area (Å²) >= 11 is 5.97. The topological polar surface area (TPSA) is 21.3 Å². The summed E-state index contributed by atoms with van der Waals surface area (Å²) in [5.74, 6) is 0.554. The fraction of sp³-hybridized carbons (Fsp3) is 0.647. The van der Waals surface area contributed by atoms with Gasteiger partial charge in [0.2, 0.25) is 0 Å². The number of benzene rings is 1. The molecule has 3 rings (SSSR count). The summed E-state index contributed by atoms with van der Waals surface area (Å²) < 4.78 is 6.39. The molecule has 1 saturated heterocycles. The molecule has 20 heavy (non-hydrogen) atoms. The van der Waals surface area contributed by atoms with Gasteiger partial charge in [-0.1, -0.05) is 37.5 Å². The zero-order chi connectivity index (χ0) is 13.8. The highest BCUT2D eigenvalue weighted by molar-refractivity contribution is 6.17. The van der Waals surface area contributed by atoms with Crippen molar-refractivity contribution in [3.63, 3.8) is 0 Å². The van der Waals surface area contributed by atoms with Crippen molar-refractivity contribution < 1.29 is 4.74 Å². The number of nitrogens with one attached hydrogen (secondary N) is 1. The molecule has 2 fully saturated rings. The third-order valence-electron chi connectivity index (χ3n) is 4.78. The van der Waals surface area contributed by atoms with Crippen LogP contribution in [0.5, 0.6) is 0 Å². The van der Waals surface area contributed by atoms with Crippen molar-refractivity contribution in [2.45, 2.75) is 62.5 Å². The highest BCUT2D eigenvalue weighted by atomic mass is 35.5. The van der Waals surface area contributed by atoms with Crippen LogP contribution in [0.4, 0.5) is 5.69 Å². The summed E-state index contributed by atoms with van der Waals surface area (Å²) in [4.78, 5) is 0. The van der Waals surface area contributed by atoms with E-state index in [-0.39, 0.29) is 5.60 Å². The minimum absolute atomic E-state index is 0.219. The Balaban J connectivity index is 1.54. The van der Waals surface area contributed by atoms with Gasteiger partial charge in [-0.3, -0.25) is 0 Å². The van der Waals surface area contributed by atoms with E-state index in [1.165, 1.54) is 50.5 Å². The maximum absolute atomic E-state index is 6.39. The zero-order valence-electron chi connectivity index (χ0n) is 12.0. The smallest absolute Gasteiger partial charge is 0.0756 e. The van der Waals surface area contributed by atoms with Gasteiger partial charge in [-0.15, -0.1) is 11.6 Å². The Hall–Kier alpha value is -0.730. The molecule has 1 aliphatic heterocycles. The largest absolute Gasteiger partial charge is 0.382 e. The number of anilines is 1. The van der Waals surface area contributed by atoms with Gasteiger partial charge >= 0.3 is 0 Å². The predicted octanol–water partition coefficient (Wildman–Crippen LogP) is 4.72. The van der Waals surface area contributed by atoms with Gasteiger partial charge in [0.1, 0.15) is 0 Å². The molecule has 1 saturated carbocycles. The first-order chi connectivity index (χ1) is 9.81. The van der Waals surface area contributed by atoms with Gasteiger partial charge in [0, 0.05) is 18.1 Å². The normalized spacial score (nSPS) is 24.9. The molecular weight excluding hydrogens is 270 g/mol. The summed E-state index contributed by atoms with van der Waals surface area (Å²) in [6.07, 6.45) is 9.40. The zero-order valence-corrected chi connectivity index (χ0v) is 12.8. The molecule has 1 aromatic rings. The molecule has 0 amide bonds. The lowest BCUT2D eigenvalue weighted by molar-refractivity contribution is -0.0588. The van der Waals surface area contributed by atoms with Crippen molar-refractivity contribution in [3.05, 3.63) is 29.8 Å². The van der Waals surface area contributed by atoms with Crippen LogP contribution in [0.15, 0.2) is 24.3 Å². The third-order valence-corrected chi connectivity index (χ3v) is 5.07. The number of alkyl halides is 1. The molecule has 0 aromatic heterocycles. The minimum Gasteiger partial charge on any atom is -0.382 e. The number of halogens is 1. The lowest BCUT2D eigenvalue weighted by Crippen LogP contribution is -2.33. The van der Waals surface area contributed by atoms with Crippen LogP contribution in [-0.4, -0.2) is 18.2 Å². The Labute approximate surface area is 126 Å². The Morgan fingerprint density at radius 2 is 1.95 bits per heavy atom. The van der Waals surface area contributed by atoms with E-state index in [1.807, 2.05) is 6.07 Å². The van der Waals surface area contributed by atoms with Crippen LogP contribution in [0.25, 0.3) is 0 Å². The molecule has 1 N–H and O–H groups in total. The molecule has 0 bridgehead atoms. The Kier molecular flexibility index (Phi) is 4.52. The van der Waals surface area contributed by atoms with Crippen LogP contribution < -0.4 is 5.32 Å². The molecule has 1 unspecified atom stereocenters. The molecule has 2 nitrogen and oxygen atoms in total. The molecule has 110 valence electrons. The Bertz CT molecular complexity index is 442.